The molecule has 2 aromatic rings. The molecular weight excluding hydrogens is 485 g/mol. The number of H-pyrrole nitrogens is 1. The number of benzene rings is 2. The van der Waals surface area contributed by atoms with Crippen molar-refractivity contribution in [1.29, 1.82) is 0 Å². The second-order valence-electron chi connectivity index (χ2n) is 9.43. The lowest BCUT2D eigenvalue weighted by Gasteiger charge is -2.33. The summed E-state index contributed by atoms with van der Waals surface area (Å²) in [6.45, 7) is 6.37. The highest BCUT2D eigenvalue weighted by atomic mass is 19.1. The highest BCUT2D eigenvalue weighted by Gasteiger charge is 2.23. The van der Waals surface area contributed by atoms with Crippen LogP contribution in [0.2, 0.25) is 0 Å². The molecule has 1 unspecified atom stereocenters. The topological polar surface area (TPSA) is 107 Å². The number of aromatic amines is 1. The summed E-state index contributed by atoms with van der Waals surface area (Å²) in [5, 5.41) is 8.98. The number of nitrogens with zero attached hydrogens (tertiary/aromatic N) is 3. The highest BCUT2D eigenvalue weighted by Crippen LogP contribution is 2.36. The van der Waals surface area contributed by atoms with Gasteiger partial charge in [0.25, 0.3) is 5.91 Å². The third kappa shape index (κ3) is 4.87. The van der Waals surface area contributed by atoms with E-state index in [1.165, 1.54) is 24.2 Å². The van der Waals surface area contributed by atoms with Crippen LogP contribution in [0.4, 0.5) is 27.5 Å². The van der Waals surface area contributed by atoms with Crippen LogP contribution in [-0.4, -0.2) is 52.5 Å². The fourth-order valence-corrected chi connectivity index (χ4v) is 4.84. The number of carbonyl (C=O) groups excluding carboxylic acids is 1. The Morgan fingerprint density at radius 2 is 2.05 bits per heavy atom. The number of ether oxygens (including phenoxy) is 1. The van der Waals surface area contributed by atoms with Crippen LogP contribution in [0.25, 0.3) is 11.4 Å². The molecule has 3 heterocycles. The number of methoxy groups -OCH3 is 1. The zero-order valence-electron chi connectivity index (χ0n) is 22.0. The van der Waals surface area contributed by atoms with E-state index >= 15 is 0 Å². The molecule has 0 spiro atoms. The number of amides is 1. The van der Waals surface area contributed by atoms with Crippen molar-refractivity contribution in [2.24, 2.45) is 0 Å². The van der Waals surface area contributed by atoms with Crippen molar-refractivity contribution in [3.05, 3.63) is 65.1 Å². The summed E-state index contributed by atoms with van der Waals surface area (Å²) in [6.07, 6.45) is 3.73. The summed E-state index contributed by atoms with van der Waals surface area (Å²) >= 11 is 0. The van der Waals surface area contributed by atoms with Gasteiger partial charge in [0.05, 0.1) is 29.6 Å². The maximum absolute atomic E-state index is 14.6. The van der Waals surface area contributed by atoms with E-state index in [-0.39, 0.29) is 5.56 Å². The van der Waals surface area contributed by atoms with Crippen LogP contribution in [0.3, 0.4) is 0 Å². The molecule has 198 valence electrons. The van der Waals surface area contributed by atoms with Crippen molar-refractivity contribution in [3.63, 3.8) is 0 Å². The molecule has 0 radical (unpaired) electrons. The largest absolute Gasteiger partial charge is 0.495 e. The fourth-order valence-electron chi connectivity index (χ4n) is 4.84. The van der Waals surface area contributed by atoms with Crippen LogP contribution in [0.1, 0.15) is 41.8 Å². The Kier molecular flexibility index (Phi) is 7.15. The molecule has 4 N–H and O–H groups in total. The predicted octanol–water partition coefficient (Wildman–Crippen LogP) is 5.06. The van der Waals surface area contributed by atoms with Gasteiger partial charge in [0.1, 0.15) is 23.2 Å². The number of anilines is 4. The minimum atomic E-state index is -0.628. The monoisotopic (exact) mass is 517 g/mol. The van der Waals surface area contributed by atoms with Gasteiger partial charge in [-0.2, -0.15) is 4.98 Å². The number of halogens is 1. The van der Waals surface area contributed by atoms with Crippen LogP contribution in [0.15, 0.2) is 42.6 Å². The van der Waals surface area contributed by atoms with E-state index in [0.717, 1.165) is 31.6 Å². The van der Waals surface area contributed by atoms with Gasteiger partial charge in [-0.05, 0) is 61.2 Å². The van der Waals surface area contributed by atoms with Crippen molar-refractivity contribution in [1.82, 2.24) is 25.2 Å². The summed E-state index contributed by atoms with van der Waals surface area (Å²) in [5.41, 5.74) is 4.22. The number of nitrogens with one attached hydrogen (secondary N) is 4. The standard InChI is InChI=1S/C28H32FN7O2/c1-5-16(2)36-12-10-17-14-23(38-4)22(13-18(17)15-36)33-28-34-25-19(9-11-31-25)26(35-28)32-21-8-6-7-20(29)24(21)27(37)30-3/h6-9,11,13-14,16H,5,10,12,15H2,1-4H3,(H,30,37)(H3,31,32,33,34,35). The second-order valence-corrected chi connectivity index (χ2v) is 9.43. The molecule has 0 aliphatic carbocycles. The van der Waals surface area contributed by atoms with Crippen molar-refractivity contribution in [2.45, 2.75) is 39.3 Å². The first-order chi connectivity index (χ1) is 18.4. The Bertz CT molecular complexity index is 1440. The maximum Gasteiger partial charge on any atom is 0.256 e. The number of aromatic nitrogens is 3. The van der Waals surface area contributed by atoms with Crippen LogP contribution in [0.5, 0.6) is 5.75 Å². The van der Waals surface area contributed by atoms with E-state index in [0.29, 0.717) is 40.6 Å². The van der Waals surface area contributed by atoms with E-state index in [2.05, 4.69) is 56.8 Å². The van der Waals surface area contributed by atoms with Crippen molar-refractivity contribution in [3.8, 4) is 17.1 Å². The Morgan fingerprint density at radius 3 is 2.82 bits per heavy atom. The number of rotatable bonds is 8. The molecule has 3 aliphatic heterocycles. The van der Waals surface area contributed by atoms with Crippen molar-refractivity contribution >= 4 is 29.0 Å². The minimum Gasteiger partial charge on any atom is -0.495 e. The molecule has 0 fully saturated rings. The van der Waals surface area contributed by atoms with Crippen LogP contribution >= 0.6 is 0 Å². The molecule has 10 heteroatoms. The van der Waals surface area contributed by atoms with Crippen LogP contribution in [-0.2, 0) is 13.0 Å². The van der Waals surface area contributed by atoms with E-state index in [4.69, 9.17) is 9.72 Å². The molecule has 0 saturated carbocycles. The molecule has 0 bridgehead atoms. The van der Waals surface area contributed by atoms with Crippen molar-refractivity contribution in [2.75, 3.05) is 31.3 Å². The summed E-state index contributed by atoms with van der Waals surface area (Å²) in [4.78, 5) is 27.2. The van der Waals surface area contributed by atoms with Gasteiger partial charge in [-0.15, -0.1) is 0 Å². The first-order valence-corrected chi connectivity index (χ1v) is 12.7. The third-order valence-electron chi connectivity index (χ3n) is 7.17. The Labute approximate surface area is 221 Å². The van der Waals surface area contributed by atoms with E-state index in [1.807, 2.05) is 0 Å². The zero-order valence-corrected chi connectivity index (χ0v) is 22.0. The summed E-state index contributed by atoms with van der Waals surface area (Å²) < 4.78 is 20.3. The van der Waals surface area contributed by atoms with Crippen LogP contribution in [0, 0.1) is 5.82 Å². The van der Waals surface area contributed by atoms with Crippen molar-refractivity contribution < 1.29 is 13.9 Å². The fraction of sp³-hybridized carbons (Fsp3) is 0.321. The third-order valence-corrected chi connectivity index (χ3v) is 7.17. The number of carbonyl (C=O) groups is 1. The zero-order chi connectivity index (χ0) is 26.8. The van der Waals surface area contributed by atoms with E-state index < -0.39 is 11.7 Å². The molecule has 9 nitrogen and oxygen atoms in total. The highest BCUT2D eigenvalue weighted by molar-refractivity contribution is 6.00. The summed E-state index contributed by atoms with van der Waals surface area (Å²) in [6, 6.07) is 10.9. The van der Waals surface area contributed by atoms with Gasteiger partial charge in [-0.1, -0.05) is 13.0 Å². The van der Waals surface area contributed by atoms with Gasteiger partial charge in [0, 0.05) is 32.4 Å². The SMILES string of the molecule is CCC(C)N1CCc2cc(OC)c(Nc3nc(Nc4cccc(F)c4C(=O)NC)c4ccnc-4[nH]3)cc2C1. The van der Waals surface area contributed by atoms with E-state index in [1.54, 1.807) is 31.5 Å². The molecular formula is C28H32FN7O2. The van der Waals surface area contributed by atoms with Gasteiger partial charge in [0.2, 0.25) is 5.95 Å². The molecule has 2 aromatic carbocycles. The maximum atomic E-state index is 14.6. The van der Waals surface area contributed by atoms with E-state index in [9.17, 15) is 9.18 Å². The smallest absolute Gasteiger partial charge is 0.256 e. The molecule has 38 heavy (non-hydrogen) atoms. The van der Waals surface area contributed by atoms with Gasteiger partial charge < -0.3 is 25.7 Å². The van der Waals surface area contributed by atoms with Gasteiger partial charge in [-0.3, -0.25) is 9.69 Å². The average molecular weight is 518 g/mol. The van der Waals surface area contributed by atoms with Gasteiger partial charge >= 0.3 is 0 Å². The lowest BCUT2D eigenvalue weighted by Crippen LogP contribution is -2.37. The summed E-state index contributed by atoms with van der Waals surface area (Å²) in [7, 11) is 3.11. The molecule has 1 atom stereocenters. The van der Waals surface area contributed by atoms with Gasteiger partial charge in [-0.25, -0.2) is 9.37 Å². The first kappa shape index (κ1) is 25.5. The first-order valence-electron chi connectivity index (χ1n) is 12.7. The molecule has 5 rings (SSSR count). The van der Waals surface area contributed by atoms with Gasteiger partial charge in [0.15, 0.2) is 0 Å². The average Bonchev–Trinajstić information content (AvgIpc) is 3.40. The molecule has 0 saturated heterocycles. The molecule has 1 amide bonds. The minimum absolute atomic E-state index is 0.0889. The normalized spacial score (nSPS) is 14.1. The molecule has 3 aliphatic rings. The Hall–Kier alpha value is -4.18. The number of hydrogen-bond acceptors (Lipinski definition) is 7. The Morgan fingerprint density at radius 1 is 1.21 bits per heavy atom. The number of fused-ring (bicyclic) bond motifs is 2. The van der Waals surface area contributed by atoms with Crippen LogP contribution < -0.4 is 20.7 Å². The summed E-state index contributed by atoms with van der Waals surface area (Å²) in [5.74, 6) is 0.987. The number of hydrogen-bond donors (Lipinski definition) is 4. The lowest BCUT2D eigenvalue weighted by atomic mass is 9.97. The second kappa shape index (κ2) is 10.7. The quantitative estimate of drug-likeness (QED) is 0.259. The Balaban J connectivity index is 1.50. The lowest BCUT2D eigenvalue weighted by molar-refractivity contribution is 0.0960. The predicted molar refractivity (Wildman–Crippen MR) is 146 cm³/mol. The molecule has 0 aromatic heterocycles.